The third-order valence-corrected chi connectivity index (χ3v) is 5.89. The molecule has 1 atom stereocenters. The van der Waals surface area contributed by atoms with Crippen molar-refractivity contribution in [3.63, 3.8) is 0 Å². The smallest absolute Gasteiger partial charge is 0.269 e. The normalized spacial score (nSPS) is 12.4. The molecule has 0 aliphatic heterocycles. The number of non-ortho nitro benzene ring substituents is 1. The number of halogens is 1. The van der Waals surface area contributed by atoms with Gasteiger partial charge in [0.2, 0.25) is 5.91 Å². The van der Waals surface area contributed by atoms with E-state index in [2.05, 4.69) is 0 Å². The highest BCUT2D eigenvalue weighted by atomic mass is 35.5. The molecule has 2 rings (SSSR count). The van der Waals surface area contributed by atoms with Crippen LogP contribution >= 0.6 is 11.6 Å². The summed E-state index contributed by atoms with van der Waals surface area (Å²) < 4.78 is 24.8. The van der Waals surface area contributed by atoms with E-state index in [1.807, 2.05) is 0 Å². The zero-order valence-corrected chi connectivity index (χ0v) is 15.7. The fourth-order valence-corrected chi connectivity index (χ4v) is 3.70. The Morgan fingerprint density at radius 1 is 1.23 bits per heavy atom. The van der Waals surface area contributed by atoms with E-state index in [1.165, 1.54) is 54.4 Å². The van der Waals surface area contributed by atoms with Crippen molar-refractivity contribution in [1.29, 1.82) is 0 Å². The lowest BCUT2D eigenvalue weighted by Gasteiger charge is -2.25. The molecule has 0 fully saturated rings. The van der Waals surface area contributed by atoms with Crippen LogP contribution < -0.4 is 0 Å². The average molecular weight is 397 g/mol. The number of rotatable bonds is 6. The van der Waals surface area contributed by atoms with Gasteiger partial charge >= 0.3 is 0 Å². The molecule has 7 nitrogen and oxygen atoms in total. The van der Waals surface area contributed by atoms with Crippen LogP contribution in [0.15, 0.2) is 53.4 Å². The fraction of sp³-hybridized carbons (Fsp3) is 0.235. The van der Waals surface area contributed by atoms with Gasteiger partial charge in [0.15, 0.2) is 9.84 Å². The summed E-state index contributed by atoms with van der Waals surface area (Å²) >= 11 is 5.74. The second-order valence-electron chi connectivity index (χ2n) is 5.75. The first-order valence-corrected chi connectivity index (χ1v) is 9.63. The van der Waals surface area contributed by atoms with Crippen molar-refractivity contribution in [2.24, 2.45) is 0 Å². The molecule has 9 heteroatoms. The molecule has 0 spiro atoms. The van der Waals surface area contributed by atoms with Crippen LogP contribution in [0, 0.1) is 10.1 Å². The minimum Gasteiger partial charge on any atom is -0.338 e. The van der Waals surface area contributed by atoms with Gasteiger partial charge in [-0.1, -0.05) is 23.7 Å². The van der Waals surface area contributed by atoms with Gasteiger partial charge in [-0.05, 0) is 36.8 Å². The number of nitro benzene ring substituents is 1. The summed E-state index contributed by atoms with van der Waals surface area (Å²) in [5.41, 5.74) is 0.447. The number of amides is 1. The van der Waals surface area contributed by atoms with Crippen molar-refractivity contribution in [3.05, 3.63) is 69.2 Å². The van der Waals surface area contributed by atoms with E-state index in [0.717, 1.165) is 0 Å². The van der Waals surface area contributed by atoms with Crippen LogP contribution in [0.5, 0.6) is 0 Å². The lowest BCUT2D eigenvalue weighted by molar-refractivity contribution is -0.384. The standard InChI is InChI=1S/C17H17ClN2O5S/c1-12(13-4-3-5-15(10-13)20(22)23)19(2)17(21)11-26(24,25)16-8-6-14(18)7-9-16/h3-10,12H,11H2,1-2H3. The zero-order valence-electron chi connectivity index (χ0n) is 14.1. The fourth-order valence-electron chi connectivity index (χ4n) is 2.33. The predicted octanol–water partition coefficient (Wildman–Crippen LogP) is 3.24. The number of benzene rings is 2. The number of nitro groups is 1. The van der Waals surface area contributed by atoms with Crippen molar-refractivity contribution in [1.82, 2.24) is 4.90 Å². The Morgan fingerprint density at radius 2 is 1.85 bits per heavy atom. The molecule has 1 amide bonds. The molecule has 0 saturated carbocycles. The molecule has 2 aromatic rings. The summed E-state index contributed by atoms with van der Waals surface area (Å²) in [6, 6.07) is 10.9. The molecule has 2 aromatic carbocycles. The first-order valence-electron chi connectivity index (χ1n) is 7.60. The Kier molecular flexibility index (Phi) is 5.99. The minimum absolute atomic E-state index is 0.00616. The van der Waals surface area contributed by atoms with Gasteiger partial charge in [0, 0.05) is 24.2 Å². The lowest BCUT2D eigenvalue weighted by atomic mass is 10.1. The maximum atomic E-state index is 12.4. The second kappa shape index (κ2) is 7.84. The minimum atomic E-state index is -3.82. The summed E-state index contributed by atoms with van der Waals surface area (Å²) in [4.78, 5) is 24.0. The van der Waals surface area contributed by atoms with Crippen LogP contribution in [0.25, 0.3) is 0 Å². The highest BCUT2D eigenvalue weighted by Crippen LogP contribution is 2.24. The Morgan fingerprint density at radius 3 is 2.42 bits per heavy atom. The number of hydrogen-bond donors (Lipinski definition) is 0. The van der Waals surface area contributed by atoms with Crippen LogP contribution in [-0.2, 0) is 14.6 Å². The van der Waals surface area contributed by atoms with E-state index < -0.39 is 32.5 Å². The molecule has 0 aliphatic carbocycles. The van der Waals surface area contributed by atoms with E-state index in [-0.39, 0.29) is 10.6 Å². The molecular formula is C17H17ClN2O5S. The molecule has 0 radical (unpaired) electrons. The number of carbonyl (C=O) groups is 1. The highest BCUT2D eigenvalue weighted by molar-refractivity contribution is 7.92. The maximum absolute atomic E-state index is 12.4. The lowest BCUT2D eigenvalue weighted by Crippen LogP contribution is -2.34. The van der Waals surface area contributed by atoms with Gasteiger partial charge in [-0.15, -0.1) is 0 Å². The molecule has 0 aliphatic rings. The first-order chi connectivity index (χ1) is 12.1. The third kappa shape index (κ3) is 4.59. The molecule has 138 valence electrons. The number of carbonyl (C=O) groups excluding carboxylic acids is 1. The molecule has 0 aromatic heterocycles. The van der Waals surface area contributed by atoms with Crippen LogP contribution in [0.1, 0.15) is 18.5 Å². The molecule has 26 heavy (non-hydrogen) atoms. The van der Waals surface area contributed by atoms with E-state index in [9.17, 15) is 23.3 Å². The van der Waals surface area contributed by atoms with Gasteiger partial charge in [0.05, 0.1) is 15.9 Å². The monoisotopic (exact) mass is 396 g/mol. The van der Waals surface area contributed by atoms with Gasteiger partial charge < -0.3 is 4.90 Å². The highest BCUT2D eigenvalue weighted by Gasteiger charge is 2.25. The number of nitrogens with zero attached hydrogens (tertiary/aromatic N) is 2. The molecule has 1 unspecified atom stereocenters. The quantitative estimate of drug-likeness (QED) is 0.551. The second-order valence-corrected chi connectivity index (χ2v) is 8.17. The van der Waals surface area contributed by atoms with Crippen molar-refractivity contribution in [3.8, 4) is 0 Å². The number of sulfone groups is 1. The Hall–Kier alpha value is -2.45. The third-order valence-electron chi connectivity index (χ3n) is 4.02. The van der Waals surface area contributed by atoms with Crippen LogP contribution in [-0.4, -0.2) is 36.9 Å². The van der Waals surface area contributed by atoms with Gasteiger partial charge in [0.1, 0.15) is 5.75 Å². The first kappa shape index (κ1) is 19.9. The maximum Gasteiger partial charge on any atom is 0.269 e. The summed E-state index contributed by atoms with van der Waals surface area (Å²) in [5, 5.41) is 11.3. The van der Waals surface area contributed by atoms with E-state index in [1.54, 1.807) is 13.0 Å². The summed E-state index contributed by atoms with van der Waals surface area (Å²) in [6.07, 6.45) is 0. The van der Waals surface area contributed by atoms with Crippen LogP contribution in [0.2, 0.25) is 5.02 Å². The van der Waals surface area contributed by atoms with E-state index in [4.69, 9.17) is 11.6 Å². The molecule has 0 bridgehead atoms. The van der Waals surface area contributed by atoms with E-state index >= 15 is 0 Å². The summed E-state index contributed by atoms with van der Waals surface area (Å²) in [5.74, 6) is -1.32. The largest absolute Gasteiger partial charge is 0.338 e. The van der Waals surface area contributed by atoms with Gasteiger partial charge in [-0.25, -0.2) is 8.42 Å². The van der Waals surface area contributed by atoms with Crippen molar-refractivity contribution >= 4 is 33.0 Å². The van der Waals surface area contributed by atoms with Crippen molar-refractivity contribution in [2.45, 2.75) is 17.9 Å². The van der Waals surface area contributed by atoms with Crippen LogP contribution in [0.3, 0.4) is 0 Å². The Bertz CT molecular complexity index is 928. The van der Waals surface area contributed by atoms with Gasteiger partial charge in [-0.3, -0.25) is 14.9 Å². The molecule has 0 heterocycles. The Balaban J connectivity index is 2.17. The van der Waals surface area contributed by atoms with Crippen LogP contribution in [0.4, 0.5) is 5.69 Å². The van der Waals surface area contributed by atoms with Gasteiger partial charge in [0.25, 0.3) is 5.69 Å². The molecule has 0 N–H and O–H groups in total. The Labute approximate surface area is 156 Å². The SMILES string of the molecule is CC(c1cccc([N+](=O)[O-])c1)N(C)C(=O)CS(=O)(=O)c1ccc(Cl)cc1. The zero-order chi connectivity index (χ0) is 19.5. The van der Waals surface area contributed by atoms with Crippen molar-refractivity contribution in [2.75, 3.05) is 12.8 Å². The van der Waals surface area contributed by atoms with Gasteiger partial charge in [-0.2, -0.15) is 0 Å². The topological polar surface area (TPSA) is 97.6 Å². The van der Waals surface area contributed by atoms with E-state index in [0.29, 0.717) is 10.6 Å². The summed E-state index contributed by atoms with van der Waals surface area (Å²) in [6.45, 7) is 1.67. The van der Waals surface area contributed by atoms with Crippen molar-refractivity contribution < 1.29 is 18.1 Å². The average Bonchev–Trinajstić information content (AvgIpc) is 2.60. The molecule has 0 saturated heterocycles. The predicted molar refractivity (Wildman–Crippen MR) is 97.8 cm³/mol. The molecular weight excluding hydrogens is 380 g/mol. The summed E-state index contributed by atoms with van der Waals surface area (Å²) in [7, 11) is -2.36. The number of hydrogen-bond acceptors (Lipinski definition) is 5.